The van der Waals surface area contributed by atoms with E-state index >= 15 is 0 Å². The number of rotatable bonds is 5. The summed E-state index contributed by atoms with van der Waals surface area (Å²) in [5.74, 6) is 0.573. The first kappa shape index (κ1) is 15.6. The summed E-state index contributed by atoms with van der Waals surface area (Å²) >= 11 is 0. The summed E-state index contributed by atoms with van der Waals surface area (Å²) in [6.07, 6.45) is 2.28. The van der Waals surface area contributed by atoms with Gasteiger partial charge in [-0.25, -0.2) is 4.99 Å². The first-order valence-electron chi connectivity index (χ1n) is 7.69. The summed E-state index contributed by atoms with van der Waals surface area (Å²) in [7, 11) is 1.99. The van der Waals surface area contributed by atoms with Crippen molar-refractivity contribution in [3.05, 3.63) is 24.3 Å². The van der Waals surface area contributed by atoms with Gasteiger partial charge in [-0.05, 0) is 18.6 Å². The zero-order valence-electron chi connectivity index (χ0n) is 13.1. The predicted octanol–water partition coefficient (Wildman–Crippen LogP) is 2.20. The topological polar surface area (TPSA) is 54.1 Å². The standard InChI is InChI=1S/C16H26N4O/c1-3-4-9-19(2)16(17)18-14-7-5-6-8-15(14)20-10-12-21-13-11-20/h5-8H,3-4,9-13H2,1-2H3,(H2,17,18). The number of hydrogen-bond donors (Lipinski definition) is 1. The van der Waals surface area contributed by atoms with Crippen LogP contribution in [0.3, 0.4) is 0 Å². The van der Waals surface area contributed by atoms with E-state index in [2.05, 4.69) is 22.9 Å². The van der Waals surface area contributed by atoms with Crippen LogP contribution in [-0.4, -0.2) is 50.8 Å². The van der Waals surface area contributed by atoms with Crippen molar-refractivity contribution in [2.75, 3.05) is 44.8 Å². The second kappa shape index (κ2) is 7.88. The molecule has 2 rings (SSSR count). The summed E-state index contributed by atoms with van der Waals surface area (Å²) in [6.45, 7) is 6.45. The van der Waals surface area contributed by atoms with Crippen molar-refractivity contribution < 1.29 is 4.74 Å². The molecule has 0 aliphatic carbocycles. The van der Waals surface area contributed by atoms with Crippen molar-refractivity contribution in [2.24, 2.45) is 10.7 Å². The van der Waals surface area contributed by atoms with Crippen molar-refractivity contribution in [3.8, 4) is 0 Å². The lowest BCUT2D eigenvalue weighted by Crippen LogP contribution is -2.36. The number of benzene rings is 1. The van der Waals surface area contributed by atoms with Crippen LogP contribution in [0.5, 0.6) is 0 Å². The van der Waals surface area contributed by atoms with Crippen LogP contribution in [-0.2, 0) is 4.74 Å². The molecule has 0 saturated carbocycles. The molecule has 1 aromatic carbocycles. The summed E-state index contributed by atoms with van der Waals surface area (Å²) in [5.41, 5.74) is 8.18. The van der Waals surface area contributed by atoms with E-state index in [0.717, 1.165) is 57.1 Å². The molecule has 1 fully saturated rings. The fourth-order valence-corrected chi connectivity index (χ4v) is 2.35. The van der Waals surface area contributed by atoms with E-state index < -0.39 is 0 Å². The molecule has 1 aromatic rings. The molecular formula is C16H26N4O. The highest BCUT2D eigenvalue weighted by Gasteiger charge is 2.14. The molecule has 116 valence electrons. The number of anilines is 1. The fraction of sp³-hybridized carbons (Fsp3) is 0.562. The average Bonchev–Trinajstić information content (AvgIpc) is 2.54. The van der Waals surface area contributed by atoms with E-state index in [0.29, 0.717) is 5.96 Å². The smallest absolute Gasteiger partial charge is 0.196 e. The lowest BCUT2D eigenvalue weighted by Gasteiger charge is -2.30. The van der Waals surface area contributed by atoms with Crippen molar-refractivity contribution in [3.63, 3.8) is 0 Å². The molecule has 0 unspecified atom stereocenters. The molecular weight excluding hydrogens is 264 g/mol. The Morgan fingerprint density at radius 1 is 1.33 bits per heavy atom. The van der Waals surface area contributed by atoms with E-state index in [1.54, 1.807) is 0 Å². The van der Waals surface area contributed by atoms with Gasteiger partial charge >= 0.3 is 0 Å². The summed E-state index contributed by atoms with van der Waals surface area (Å²) in [5, 5.41) is 0. The Labute approximate surface area is 127 Å². The van der Waals surface area contributed by atoms with Crippen molar-refractivity contribution >= 4 is 17.3 Å². The SMILES string of the molecule is CCCCN(C)C(N)=Nc1ccccc1N1CCOCC1. The minimum absolute atomic E-state index is 0.573. The Morgan fingerprint density at radius 2 is 2.05 bits per heavy atom. The van der Waals surface area contributed by atoms with Gasteiger partial charge in [-0.2, -0.15) is 0 Å². The maximum atomic E-state index is 6.12. The fourth-order valence-electron chi connectivity index (χ4n) is 2.35. The third kappa shape index (κ3) is 4.36. The third-order valence-corrected chi connectivity index (χ3v) is 3.71. The Balaban J connectivity index is 2.15. The summed E-state index contributed by atoms with van der Waals surface area (Å²) in [4.78, 5) is 8.95. The molecule has 0 bridgehead atoms. The summed E-state index contributed by atoms with van der Waals surface area (Å²) < 4.78 is 5.41. The molecule has 0 aromatic heterocycles. The number of morpholine rings is 1. The number of hydrogen-bond acceptors (Lipinski definition) is 3. The Hall–Kier alpha value is -1.75. The highest BCUT2D eigenvalue weighted by molar-refractivity contribution is 5.83. The van der Waals surface area contributed by atoms with Crippen molar-refractivity contribution in [1.82, 2.24) is 4.90 Å². The van der Waals surface area contributed by atoms with E-state index in [1.165, 1.54) is 0 Å². The van der Waals surface area contributed by atoms with Gasteiger partial charge in [-0.1, -0.05) is 25.5 Å². The van der Waals surface area contributed by atoms with Gasteiger partial charge in [-0.15, -0.1) is 0 Å². The number of ether oxygens (including phenoxy) is 1. The van der Waals surface area contributed by atoms with Crippen LogP contribution >= 0.6 is 0 Å². The number of para-hydroxylation sites is 2. The largest absolute Gasteiger partial charge is 0.378 e. The quantitative estimate of drug-likeness (QED) is 0.667. The van der Waals surface area contributed by atoms with Crippen LogP contribution in [0.4, 0.5) is 11.4 Å². The minimum Gasteiger partial charge on any atom is -0.378 e. The Morgan fingerprint density at radius 3 is 2.76 bits per heavy atom. The lowest BCUT2D eigenvalue weighted by atomic mass is 10.2. The number of guanidine groups is 1. The first-order chi connectivity index (χ1) is 10.2. The molecule has 5 nitrogen and oxygen atoms in total. The normalized spacial score (nSPS) is 16.1. The lowest BCUT2D eigenvalue weighted by molar-refractivity contribution is 0.123. The molecule has 0 atom stereocenters. The highest BCUT2D eigenvalue weighted by Crippen LogP contribution is 2.29. The first-order valence-corrected chi connectivity index (χ1v) is 7.69. The molecule has 1 aliphatic heterocycles. The van der Waals surface area contributed by atoms with Crippen LogP contribution in [0.15, 0.2) is 29.3 Å². The number of unbranched alkanes of at least 4 members (excludes halogenated alkanes) is 1. The molecule has 1 aliphatic rings. The third-order valence-electron chi connectivity index (χ3n) is 3.71. The average molecular weight is 290 g/mol. The summed E-state index contributed by atoms with van der Waals surface area (Å²) in [6, 6.07) is 8.16. The molecule has 1 saturated heterocycles. The van der Waals surface area contributed by atoms with Gasteiger partial charge in [0.05, 0.1) is 24.6 Å². The highest BCUT2D eigenvalue weighted by atomic mass is 16.5. The van der Waals surface area contributed by atoms with Gasteiger partial charge in [-0.3, -0.25) is 0 Å². The van der Waals surface area contributed by atoms with E-state index in [4.69, 9.17) is 10.5 Å². The van der Waals surface area contributed by atoms with Crippen molar-refractivity contribution in [2.45, 2.75) is 19.8 Å². The molecule has 0 spiro atoms. The zero-order valence-corrected chi connectivity index (χ0v) is 13.1. The maximum Gasteiger partial charge on any atom is 0.196 e. The number of nitrogens with zero attached hydrogens (tertiary/aromatic N) is 3. The molecule has 21 heavy (non-hydrogen) atoms. The monoisotopic (exact) mass is 290 g/mol. The van der Waals surface area contributed by atoms with Crippen LogP contribution < -0.4 is 10.6 Å². The van der Waals surface area contributed by atoms with Gasteiger partial charge in [0.15, 0.2) is 5.96 Å². The Bertz CT molecular complexity index is 469. The van der Waals surface area contributed by atoms with E-state index in [1.807, 2.05) is 30.1 Å². The van der Waals surface area contributed by atoms with Gasteiger partial charge in [0.25, 0.3) is 0 Å². The van der Waals surface area contributed by atoms with Crippen LogP contribution in [0, 0.1) is 0 Å². The van der Waals surface area contributed by atoms with Gasteiger partial charge < -0.3 is 20.3 Å². The van der Waals surface area contributed by atoms with Crippen LogP contribution in [0.25, 0.3) is 0 Å². The van der Waals surface area contributed by atoms with Gasteiger partial charge in [0, 0.05) is 26.7 Å². The van der Waals surface area contributed by atoms with Gasteiger partial charge in [0.1, 0.15) is 0 Å². The molecule has 0 amide bonds. The number of nitrogens with two attached hydrogens (primary N) is 1. The van der Waals surface area contributed by atoms with E-state index in [-0.39, 0.29) is 0 Å². The maximum absolute atomic E-state index is 6.12. The van der Waals surface area contributed by atoms with Gasteiger partial charge in [0.2, 0.25) is 0 Å². The zero-order chi connectivity index (χ0) is 15.1. The van der Waals surface area contributed by atoms with Crippen LogP contribution in [0.2, 0.25) is 0 Å². The molecule has 0 radical (unpaired) electrons. The predicted molar refractivity (Wildman–Crippen MR) is 88.3 cm³/mol. The minimum atomic E-state index is 0.573. The van der Waals surface area contributed by atoms with Crippen molar-refractivity contribution in [1.29, 1.82) is 0 Å². The van der Waals surface area contributed by atoms with E-state index in [9.17, 15) is 0 Å². The molecule has 5 heteroatoms. The second-order valence-electron chi connectivity index (χ2n) is 5.33. The van der Waals surface area contributed by atoms with Crippen LogP contribution in [0.1, 0.15) is 19.8 Å². The second-order valence-corrected chi connectivity index (χ2v) is 5.33. The Kier molecular flexibility index (Phi) is 5.87. The number of aliphatic imine (C=N–C) groups is 1. The molecule has 1 heterocycles. The molecule has 2 N–H and O–H groups in total.